The van der Waals surface area contributed by atoms with E-state index in [1.165, 1.54) is 28.0 Å². The largest absolute Gasteiger partial charge is 0.505 e. The lowest BCUT2D eigenvalue weighted by Crippen LogP contribution is -2.29. The lowest BCUT2D eigenvalue weighted by Gasteiger charge is -2.23. The predicted octanol–water partition coefficient (Wildman–Crippen LogP) is 8.06. The van der Waals surface area contributed by atoms with E-state index in [9.17, 15) is 14.7 Å². The minimum absolute atomic E-state index is 0.0935. The number of rotatable bonds is 11. The van der Waals surface area contributed by atoms with Crippen LogP contribution in [0.5, 0.6) is 11.5 Å². The Bertz CT molecular complexity index is 2290. The van der Waals surface area contributed by atoms with Crippen LogP contribution in [0, 0.1) is 13.8 Å². The van der Waals surface area contributed by atoms with E-state index >= 15 is 0 Å². The van der Waals surface area contributed by atoms with E-state index in [4.69, 9.17) is 14.5 Å². The lowest BCUT2D eigenvalue weighted by molar-refractivity contribution is -0.132. The Morgan fingerprint density at radius 1 is 0.960 bits per heavy atom. The van der Waals surface area contributed by atoms with Gasteiger partial charge < -0.3 is 19.0 Å². The fourth-order valence-electron chi connectivity index (χ4n) is 6.23. The number of aliphatic hydroxyl groups is 1. The molecule has 50 heavy (non-hydrogen) atoms. The van der Waals surface area contributed by atoms with Gasteiger partial charge in [0.05, 0.1) is 30.5 Å². The molecule has 0 bridgehead atoms. The van der Waals surface area contributed by atoms with E-state index in [1.54, 1.807) is 18.2 Å². The normalized spacial score (nSPS) is 15.8. The highest BCUT2D eigenvalue weighted by molar-refractivity contribution is 8.00. The van der Waals surface area contributed by atoms with Gasteiger partial charge in [-0.05, 0) is 72.9 Å². The Morgan fingerprint density at radius 2 is 1.78 bits per heavy atom. The van der Waals surface area contributed by atoms with Crippen LogP contribution in [0.15, 0.2) is 88.9 Å². The van der Waals surface area contributed by atoms with Gasteiger partial charge in [0, 0.05) is 11.9 Å². The highest BCUT2D eigenvalue weighted by Gasteiger charge is 2.49. The van der Waals surface area contributed by atoms with Gasteiger partial charge in [0.15, 0.2) is 21.6 Å². The van der Waals surface area contributed by atoms with E-state index in [0.29, 0.717) is 51.7 Å². The molecule has 4 heterocycles. The Labute approximate surface area is 297 Å². The van der Waals surface area contributed by atoms with Gasteiger partial charge in [-0.15, -0.1) is 10.2 Å². The number of ether oxygens (including phenoxy) is 2. The van der Waals surface area contributed by atoms with E-state index in [2.05, 4.69) is 34.5 Å². The molecule has 1 fully saturated rings. The van der Waals surface area contributed by atoms with Gasteiger partial charge in [-0.25, -0.2) is 4.98 Å². The van der Waals surface area contributed by atoms with Crippen molar-refractivity contribution in [3.63, 3.8) is 0 Å². The van der Waals surface area contributed by atoms with Gasteiger partial charge >= 0.3 is 5.91 Å². The van der Waals surface area contributed by atoms with Crippen molar-refractivity contribution < 1.29 is 24.2 Å². The molecule has 3 aromatic heterocycles. The third kappa shape index (κ3) is 5.98. The molecule has 1 saturated heterocycles. The Morgan fingerprint density at radius 3 is 2.58 bits per heavy atom. The molecule has 254 valence electrons. The zero-order chi connectivity index (χ0) is 34.9. The van der Waals surface area contributed by atoms with E-state index in [1.807, 2.05) is 68.6 Å². The molecule has 1 amide bonds. The Hall–Kier alpha value is -5.20. The lowest BCUT2D eigenvalue weighted by atomic mass is 9.96. The van der Waals surface area contributed by atoms with E-state index in [-0.39, 0.29) is 22.2 Å². The van der Waals surface area contributed by atoms with Crippen molar-refractivity contribution in [2.24, 2.45) is 0 Å². The minimum Gasteiger partial charge on any atom is -0.505 e. The number of benzene rings is 3. The number of ketones is 1. The number of aromatic nitrogens is 4. The van der Waals surface area contributed by atoms with Gasteiger partial charge in [-0.1, -0.05) is 84.6 Å². The van der Waals surface area contributed by atoms with Crippen molar-refractivity contribution in [3.05, 3.63) is 113 Å². The maximum Gasteiger partial charge on any atom is 0.301 e. The number of anilines is 1. The van der Waals surface area contributed by atoms with Crippen LogP contribution in [0.2, 0.25) is 0 Å². The zero-order valence-corrected chi connectivity index (χ0v) is 29.7. The predicted molar refractivity (Wildman–Crippen MR) is 196 cm³/mol. The van der Waals surface area contributed by atoms with Crippen LogP contribution < -0.4 is 14.4 Å². The molecule has 1 N–H and O–H groups in total. The number of Topliss-reactive ketones (excluding diaryl/α,β-unsaturated/α-hetero) is 1. The molecule has 0 saturated carbocycles. The van der Waals surface area contributed by atoms with Crippen LogP contribution in [-0.2, 0) is 15.3 Å². The number of amides is 1. The number of hydrogen-bond donors (Lipinski definition) is 1. The van der Waals surface area contributed by atoms with Crippen molar-refractivity contribution >= 4 is 62.1 Å². The number of pyridine rings is 1. The summed E-state index contributed by atoms with van der Waals surface area (Å²) in [4.78, 5) is 34.0. The third-order valence-corrected chi connectivity index (χ3v) is 10.7. The minimum atomic E-state index is -1.04. The molecule has 0 aliphatic carbocycles. The Kier molecular flexibility index (Phi) is 9.30. The van der Waals surface area contributed by atoms with Gasteiger partial charge in [0.2, 0.25) is 5.13 Å². The molecule has 7 rings (SSSR count). The number of hydrogen-bond acceptors (Lipinski definition) is 10. The quantitative estimate of drug-likeness (QED) is 0.0469. The van der Waals surface area contributed by atoms with Crippen molar-refractivity contribution in [2.45, 2.75) is 50.3 Å². The molecule has 1 atom stereocenters. The molecule has 10 nitrogen and oxygen atoms in total. The molecule has 12 heteroatoms. The van der Waals surface area contributed by atoms with Crippen LogP contribution in [-0.4, -0.2) is 49.6 Å². The van der Waals surface area contributed by atoms with E-state index < -0.39 is 17.7 Å². The number of fused-ring (bicyclic) bond motifs is 2. The standard InChI is InChI=1S/C38H35N5O5S2/c1-5-19-48-28-17-16-25(20-29(28)47-6-2)32-30(33(44)31-23(4)42-18-10-11-22(3)35(42)39-31)34(45)36(46)43(32)37-40-41-38(50-37)49-21-26-14-9-13-24-12-7-8-15-27(24)26/h7-18,20,32,44H,5-6,19,21H2,1-4H3/b33-30+. The number of imidazole rings is 1. The number of aliphatic hydroxyl groups excluding tert-OH is 1. The second-order valence-corrected chi connectivity index (χ2v) is 14.0. The highest BCUT2D eigenvalue weighted by Crippen LogP contribution is 2.46. The van der Waals surface area contributed by atoms with Crippen LogP contribution in [0.25, 0.3) is 22.2 Å². The topological polar surface area (TPSA) is 119 Å². The maximum atomic E-state index is 14.0. The number of carbonyl (C=O) groups excluding carboxylic acids is 2. The SMILES string of the molecule is CCCOc1ccc(C2/C(=C(\O)c3nc4c(C)cccn4c3C)C(=O)C(=O)N2c2nnc(SCc3cccc4ccccc34)s2)cc1OCC. The summed E-state index contributed by atoms with van der Waals surface area (Å²) in [7, 11) is 0. The summed E-state index contributed by atoms with van der Waals surface area (Å²) < 4.78 is 14.4. The average molecular weight is 706 g/mol. The second-order valence-electron chi connectivity index (χ2n) is 11.9. The third-order valence-electron chi connectivity index (χ3n) is 8.63. The van der Waals surface area contributed by atoms with Gasteiger partial charge in [-0.2, -0.15) is 0 Å². The fraction of sp³-hybridized carbons (Fsp3) is 0.237. The molecule has 1 aliphatic heterocycles. The number of carbonyl (C=O) groups is 2. The van der Waals surface area contributed by atoms with Crippen molar-refractivity contribution in [1.29, 1.82) is 0 Å². The molecule has 3 aromatic carbocycles. The van der Waals surface area contributed by atoms with Gasteiger partial charge in [-0.3, -0.25) is 14.5 Å². The Balaban J connectivity index is 1.32. The summed E-state index contributed by atoms with van der Waals surface area (Å²) in [5.74, 6) is -0.376. The van der Waals surface area contributed by atoms with E-state index in [0.717, 1.165) is 28.3 Å². The van der Waals surface area contributed by atoms with Crippen LogP contribution >= 0.6 is 23.1 Å². The first kappa shape index (κ1) is 33.3. The molecular weight excluding hydrogens is 671 g/mol. The summed E-state index contributed by atoms with van der Waals surface area (Å²) >= 11 is 2.73. The van der Waals surface area contributed by atoms with Crippen molar-refractivity contribution in [3.8, 4) is 11.5 Å². The van der Waals surface area contributed by atoms with Crippen LogP contribution in [0.4, 0.5) is 5.13 Å². The molecular formula is C38H35N5O5S2. The number of thioether (sulfide) groups is 1. The monoisotopic (exact) mass is 705 g/mol. The molecule has 1 unspecified atom stereocenters. The smallest absolute Gasteiger partial charge is 0.301 e. The summed E-state index contributed by atoms with van der Waals surface area (Å²) in [6.45, 7) is 8.50. The number of nitrogens with zero attached hydrogens (tertiary/aromatic N) is 5. The van der Waals surface area contributed by atoms with Crippen molar-refractivity contribution in [1.82, 2.24) is 19.6 Å². The molecule has 1 aliphatic rings. The van der Waals surface area contributed by atoms with Gasteiger partial charge in [0.25, 0.3) is 5.78 Å². The van der Waals surface area contributed by atoms with Crippen LogP contribution in [0.3, 0.4) is 0 Å². The summed E-state index contributed by atoms with van der Waals surface area (Å²) in [6.07, 6.45) is 2.66. The first-order valence-corrected chi connectivity index (χ1v) is 18.2. The second kappa shape index (κ2) is 14.0. The first-order chi connectivity index (χ1) is 24.3. The maximum absolute atomic E-state index is 14.0. The summed E-state index contributed by atoms with van der Waals surface area (Å²) in [5, 5.41) is 23.3. The first-order valence-electron chi connectivity index (χ1n) is 16.4. The van der Waals surface area contributed by atoms with Crippen molar-refractivity contribution in [2.75, 3.05) is 18.1 Å². The molecule has 0 spiro atoms. The summed E-state index contributed by atoms with van der Waals surface area (Å²) in [6, 6.07) is 22.5. The zero-order valence-electron chi connectivity index (χ0n) is 28.0. The van der Waals surface area contributed by atoms with Gasteiger partial charge in [0.1, 0.15) is 11.3 Å². The molecule has 0 radical (unpaired) electrons. The molecule has 6 aromatic rings. The average Bonchev–Trinajstić information content (AvgIpc) is 3.81. The highest BCUT2D eigenvalue weighted by atomic mass is 32.2. The fourth-order valence-corrected chi connectivity index (χ4v) is 8.10. The number of aryl methyl sites for hydroxylation is 2. The van der Waals surface area contributed by atoms with Crippen LogP contribution in [0.1, 0.15) is 54.4 Å². The summed E-state index contributed by atoms with van der Waals surface area (Å²) in [5.41, 5.74) is 3.99.